The average Bonchev–Trinajstić information content (AvgIpc) is 3.08. The molecule has 0 saturated heterocycles. The Balaban J connectivity index is 1.78. The normalized spacial score (nSPS) is 11.6. The summed E-state index contributed by atoms with van der Waals surface area (Å²) in [5.41, 5.74) is 6.63. The number of carbonyl (C=O) groups excluding carboxylic acids is 1. The van der Waals surface area contributed by atoms with Crippen molar-refractivity contribution < 1.29 is 13.6 Å². The van der Waals surface area contributed by atoms with Crippen molar-refractivity contribution in [1.29, 1.82) is 0 Å². The molecule has 0 fully saturated rings. The highest BCUT2D eigenvalue weighted by Gasteiger charge is 2.21. The van der Waals surface area contributed by atoms with Crippen molar-refractivity contribution >= 4 is 33.5 Å². The van der Waals surface area contributed by atoms with Crippen molar-refractivity contribution in [3.8, 4) is 0 Å². The molecule has 5 heteroatoms. The first-order valence-electron chi connectivity index (χ1n) is 10.5. The zero-order valence-electron chi connectivity index (χ0n) is 18.8. The minimum Gasteiger partial charge on any atom is -0.463 e. The smallest absolute Gasteiger partial charge is 0.340 e. The first-order valence-corrected chi connectivity index (χ1v) is 10.5. The average molecular weight is 418 g/mol. The van der Waals surface area contributed by atoms with Crippen LogP contribution < -0.4 is 10.9 Å². The number of anilines is 1. The molecule has 0 aliphatic heterocycles. The van der Waals surface area contributed by atoms with Crippen LogP contribution in [0.3, 0.4) is 0 Å². The van der Waals surface area contributed by atoms with Gasteiger partial charge in [0.25, 0.3) is 0 Å². The van der Waals surface area contributed by atoms with E-state index in [0.717, 1.165) is 44.3 Å². The van der Waals surface area contributed by atoms with Crippen molar-refractivity contribution in [2.45, 2.75) is 53.9 Å². The van der Waals surface area contributed by atoms with Gasteiger partial charge in [-0.25, -0.2) is 4.79 Å². The van der Waals surface area contributed by atoms with E-state index in [4.69, 9.17) is 8.83 Å². The molecule has 0 atom stereocenters. The van der Waals surface area contributed by atoms with Crippen LogP contribution in [0.5, 0.6) is 0 Å². The third-order valence-electron chi connectivity index (χ3n) is 6.00. The van der Waals surface area contributed by atoms with Crippen LogP contribution >= 0.6 is 0 Å². The van der Waals surface area contributed by atoms with Crippen LogP contribution in [0, 0.1) is 27.7 Å². The van der Waals surface area contributed by atoms with Gasteiger partial charge in [-0.2, -0.15) is 0 Å². The first-order chi connectivity index (χ1) is 14.7. The molecular formula is C26H27NO4. The minimum absolute atomic E-state index is 0.0644. The van der Waals surface area contributed by atoms with Crippen LogP contribution in [0.25, 0.3) is 21.9 Å². The van der Waals surface area contributed by atoms with Crippen LogP contribution in [-0.4, -0.2) is 5.91 Å². The van der Waals surface area contributed by atoms with Gasteiger partial charge in [0.15, 0.2) is 0 Å². The Bertz CT molecular complexity index is 1390. The van der Waals surface area contributed by atoms with Crippen LogP contribution in [0.15, 0.2) is 44.2 Å². The molecule has 1 N–H and O–H groups in total. The number of aryl methyl sites for hydroxylation is 4. The lowest BCUT2D eigenvalue weighted by atomic mass is 9.97. The van der Waals surface area contributed by atoms with Gasteiger partial charge in [-0.15, -0.1) is 0 Å². The number of carbonyl (C=O) groups is 1. The fourth-order valence-corrected chi connectivity index (χ4v) is 4.36. The van der Waals surface area contributed by atoms with E-state index < -0.39 is 5.63 Å². The Hall–Kier alpha value is -3.34. The molecule has 0 bridgehead atoms. The predicted octanol–water partition coefficient (Wildman–Crippen LogP) is 6.08. The van der Waals surface area contributed by atoms with Gasteiger partial charge < -0.3 is 14.2 Å². The molecule has 0 radical (unpaired) electrons. The lowest BCUT2D eigenvalue weighted by Crippen LogP contribution is -2.22. The van der Waals surface area contributed by atoms with Crippen molar-refractivity contribution in [3.05, 3.63) is 74.3 Å². The van der Waals surface area contributed by atoms with Gasteiger partial charge in [-0.1, -0.05) is 32.0 Å². The number of nitrogens with one attached hydrogen (secondary N) is 1. The SMILES string of the molecule is Cc1cccc(C(C)C)c1NC(=O)Cc1c(C)c2c(cc(C)c3c(C)coc32)oc1=O. The van der Waals surface area contributed by atoms with Gasteiger partial charge in [0.1, 0.15) is 11.2 Å². The molecule has 160 valence electrons. The van der Waals surface area contributed by atoms with Crippen LogP contribution in [0.4, 0.5) is 5.69 Å². The molecule has 0 aliphatic carbocycles. The second-order valence-electron chi connectivity index (χ2n) is 8.60. The summed E-state index contributed by atoms with van der Waals surface area (Å²) in [5, 5.41) is 4.78. The fraction of sp³-hybridized carbons (Fsp3) is 0.308. The number of para-hydroxylation sites is 1. The van der Waals surface area contributed by atoms with Gasteiger partial charge in [-0.05, 0) is 67.5 Å². The van der Waals surface area contributed by atoms with Crippen LogP contribution in [-0.2, 0) is 11.2 Å². The van der Waals surface area contributed by atoms with Crippen molar-refractivity contribution in [2.75, 3.05) is 5.32 Å². The van der Waals surface area contributed by atoms with Crippen molar-refractivity contribution in [2.24, 2.45) is 0 Å². The highest BCUT2D eigenvalue weighted by molar-refractivity contribution is 6.07. The van der Waals surface area contributed by atoms with Gasteiger partial charge in [0, 0.05) is 11.1 Å². The summed E-state index contributed by atoms with van der Waals surface area (Å²) >= 11 is 0. The molecule has 0 spiro atoms. The lowest BCUT2D eigenvalue weighted by molar-refractivity contribution is -0.115. The standard InChI is InChI=1S/C26H27NO4/c1-13(2)18-9-7-8-14(3)24(18)27-21(28)11-19-17(6)23-20(31-26(19)29)10-15(4)22-16(5)12-30-25(22)23/h7-10,12-13H,11H2,1-6H3,(H,27,28). The van der Waals surface area contributed by atoms with E-state index in [2.05, 4.69) is 19.2 Å². The Labute approximate surface area is 181 Å². The van der Waals surface area contributed by atoms with E-state index in [1.807, 2.05) is 52.0 Å². The van der Waals surface area contributed by atoms with E-state index in [-0.39, 0.29) is 18.2 Å². The molecular weight excluding hydrogens is 390 g/mol. The maximum absolute atomic E-state index is 13.0. The second-order valence-corrected chi connectivity index (χ2v) is 8.60. The predicted molar refractivity (Wildman–Crippen MR) is 124 cm³/mol. The highest BCUT2D eigenvalue weighted by atomic mass is 16.4. The van der Waals surface area contributed by atoms with Crippen molar-refractivity contribution in [3.63, 3.8) is 0 Å². The monoisotopic (exact) mass is 417 g/mol. The topological polar surface area (TPSA) is 72.5 Å². The Morgan fingerprint density at radius 1 is 1.03 bits per heavy atom. The second kappa shape index (κ2) is 7.73. The summed E-state index contributed by atoms with van der Waals surface area (Å²) in [6.07, 6.45) is 1.64. The lowest BCUT2D eigenvalue weighted by Gasteiger charge is -2.16. The molecule has 31 heavy (non-hydrogen) atoms. The summed E-state index contributed by atoms with van der Waals surface area (Å²) in [7, 11) is 0. The quantitative estimate of drug-likeness (QED) is 0.409. The van der Waals surface area contributed by atoms with E-state index in [0.29, 0.717) is 16.7 Å². The molecule has 0 saturated carbocycles. The Morgan fingerprint density at radius 3 is 2.48 bits per heavy atom. The minimum atomic E-state index is -0.490. The maximum atomic E-state index is 13.0. The third-order valence-corrected chi connectivity index (χ3v) is 6.00. The largest absolute Gasteiger partial charge is 0.463 e. The number of furan rings is 1. The number of fused-ring (bicyclic) bond motifs is 3. The molecule has 4 rings (SSSR count). The Kier molecular flexibility index (Phi) is 5.21. The number of rotatable bonds is 4. The number of benzene rings is 2. The van der Waals surface area contributed by atoms with E-state index in [9.17, 15) is 9.59 Å². The summed E-state index contributed by atoms with van der Waals surface area (Å²) in [6.45, 7) is 11.9. The molecule has 2 heterocycles. The van der Waals surface area contributed by atoms with E-state index in [1.165, 1.54) is 0 Å². The molecule has 5 nitrogen and oxygen atoms in total. The van der Waals surface area contributed by atoms with E-state index in [1.54, 1.807) is 6.26 Å². The van der Waals surface area contributed by atoms with Crippen LogP contribution in [0.2, 0.25) is 0 Å². The first kappa shape index (κ1) is 20.9. The van der Waals surface area contributed by atoms with Gasteiger partial charge in [0.05, 0.1) is 23.6 Å². The van der Waals surface area contributed by atoms with Crippen molar-refractivity contribution in [1.82, 2.24) is 0 Å². The number of amides is 1. The van der Waals surface area contributed by atoms with Crippen LogP contribution in [0.1, 0.15) is 53.1 Å². The summed E-state index contributed by atoms with van der Waals surface area (Å²) in [4.78, 5) is 25.7. The maximum Gasteiger partial charge on any atom is 0.340 e. The molecule has 2 aromatic heterocycles. The molecule has 4 aromatic rings. The zero-order valence-corrected chi connectivity index (χ0v) is 18.8. The summed E-state index contributed by atoms with van der Waals surface area (Å²) in [5.74, 6) is 0.0197. The zero-order chi connectivity index (χ0) is 22.4. The van der Waals surface area contributed by atoms with Gasteiger partial charge in [0.2, 0.25) is 5.91 Å². The third kappa shape index (κ3) is 3.54. The fourth-order valence-electron chi connectivity index (χ4n) is 4.36. The van der Waals surface area contributed by atoms with E-state index >= 15 is 0 Å². The highest BCUT2D eigenvalue weighted by Crippen LogP contribution is 2.34. The Morgan fingerprint density at radius 2 is 1.77 bits per heavy atom. The molecule has 1 amide bonds. The molecule has 2 aromatic carbocycles. The van der Waals surface area contributed by atoms with Gasteiger partial charge in [-0.3, -0.25) is 4.79 Å². The molecule has 0 aliphatic rings. The summed E-state index contributed by atoms with van der Waals surface area (Å²) in [6, 6.07) is 7.83. The molecule has 0 unspecified atom stereocenters. The number of hydrogen-bond acceptors (Lipinski definition) is 4. The van der Waals surface area contributed by atoms with Gasteiger partial charge >= 0.3 is 5.63 Å². The summed E-state index contributed by atoms with van der Waals surface area (Å²) < 4.78 is 11.4. The number of hydrogen-bond donors (Lipinski definition) is 1.